The highest BCUT2D eigenvalue weighted by molar-refractivity contribution is 6.30. The van der Waals surface area contributed by atoms with Crippen molar-refractivity contribution in [2.45, 2.75) is 6.61 Å². The summed E-state index contributed by atoms with van der Waals surface area (Å²) in [6, 6.07) is 16.2. The van der Waals surface area contributed by atoms with Crippen LogP contribution in [0.3, 0.4) is 0 Å². The van der Waals surface area contributed by atoms with Crippen LogP contribution in [0.25, 0.3) is 0 Å². The maximum Gasteiger partial charge on any atom is 0.236 e. The Morgan fingerprint density at radius 3 is 2.68 bits per heavy atom. The number of hydrogen-bond acceptors (Lipinski definition) is 6. The van der Waals surface area contributed by atoms with Crippen LogP contribution in [-0.2, 0) is 6.61 Å². The Morgan fingerprint density at radius 2 is 2.00 bits per heavy atom. The van der Waals surface area contributed by atoms with E-state index in [1.807, 2.05) is 18.2 Å². The topological polar surface area (TPSA) is 80.3 Å². The monoisotopic (exact) mass is 355 g/mol. The lowest BCUT2D eigenvalue weighted by Crippen LogP contribution is -1.95. The molecule has 0 aliphatic rings. The summed E-state index contributed by atoms with van der Waals surface area (Å²) in [6.45, 7) is 0.0827. The lowest BCUT2D eigenvalue weighted by Gasteiger charge is -2.05. The van der Waals surface area contributed by atoms with Crippen LogP contribution in [-0.4, -0.2) is 12.1 Å². The summed E-state index contributed by atoms with van der Waals surface area (Å²) in [5.74, 6) is 1.87. The van der Waals surface area contributed by atoms with E-state index in [4.69, 9.17) is 25.5 Å². The van der Waals surface area contributed by atoms with Crippen molar-refractivity contribution in [3.63, 3.8) is 0 Å². The Labute approximate surface area is 149 Å². The van der Waals surface area contributed by atoms with E-state index >= 15 is 0 Å². The Morgan fingerprint density at radius 1 is 1.20 bits per heavy atom. The van der Waals surface area contributed by atoms with Crippen molar-refractivity contribution in [1.82, 2.24) is 4.98 Å². The molecule has 7 heteroatoms. The number of aromatic nitrogens is 1. The fourth-order valence-corrected chi connectivity index (χ4v) is 2.27. The number of halogens is 1. The summed E-state index contributed by atoms with van der Waals surface area (Å²) in [6.07, 6.45) is 0. The third-order valence-electron chi connectivity index (χ3n) is 3.28. The van der Waals surface area contributed by atoms with Crippen LogP contribution in [0.4, 0.5) is 11.6 Å². The Hall–Kier alpha value is -3.17. The fraction of sp³-hybridized carbons (Fsp3) is 0.111. The number of hydrogen-bond donors (Lipinski definition) is 1. The summed E-state index contributed by atoms with van der Waals surface area (Å²) in [7, 11) is 1.60. The van der Waals surface area contributed by atoms with Crippen LogP contribution in [0.1, 0.15) is 11.6 Å². The van der Waals surface area contributed by atoms with Crippen LogP contribution in [0, 0.1) is 11.3 Å². The molecule has 25 heavy (non-hydrogen) atoms. The Balaban J connectivity index is 1.71. The molecule has 3 aromatic rings. The van der Waals surface area contributed by atoms with Crippen molar-refractivity contribution in [1.29, 1.82) is 5.26 Å². The molecule has 0 bridgehead atoms. The number of rotatable bonds is 6. The quantitative estimate of drug-likeness (QED) is 0.699. The molecule has 0 spiro atoms. The normalized spacial score (nSPS) is 10.1. The summed E-state index contributed by atoms with van der Waals surface area (Å²) >= 11 is 5.91. The van der Waals surface area contributed by atoms with Gasteiger partial charge in [-0.05, 0) is 42.5 Å². The van der Waals surface area contributed by atoms with Gasteiger partial charge in [0.05, 0.1) is 7.11 Å². The van der Waals surface area contributed by atoms with Crippen molar-refractivity contribution in [2.75, 3.05) is 12.4 Å². The highest BCUT2D eigenvalue weighted by atomic mass is 35.5. The second-order valence-electron chi connectivity index (χ2n) is 5.00. The van der Waals surface area contributed by atoms with E-state index in [1.165, 1.54) is 0 Å². The summed E-state index contributed by atoms with van der Waals surface area (Å²) in [5, 5.41) is 12.8. The number of nitrogens with zero attached hydrogens (tertiary/aromatic N) is 2. The number of benzene rings is 2. The number of oxazole rings is 1. The number of nitrogens with one attached hydrogen (secondary N) is 1. The van der Waals surface area contributed by atoms with E-state index in [2.05, 4.69) is 10.3 Å². The number of anilines is 2. The summed E-state index contributed by atoms with van der Waals surface area (Å²) < 4.78 is 16.3. The first kappa shape index (κ1) is 16.7. The molecule has 2 aromatic carbocycles. The number of methoxy groups -OCH3 is 1. The third kappa shape index (κ3) is 4.22. The smallest absolute Gasteiger partial charge is 0.236 e. The van der Waals surface area contributed by atoms with E-state index in [0.717, 1.165) is 11.4 Å². The van der Waals surface area contributed by atoms with Gasteiger partial charge < -0.3 is 19.2 Å². The highest BCUT2D eigenvalue weighted by Crippen LogP contribution is 2.25. The van der Waals surface area contributed by atoms with Gasteiger partial charge in [-0.2, -0.15) is 10.2 Å². The zero-order valence-corrected chi connectivity index (χ0v) is 14.1. The maximum absolute atomic E-state index is 9.22. The fourth-order valence-electron chi connectivity index (χ4n) is 2.09. The SMILES string of the molecule is COc1ccc(Nc2oc(COc3cccc(Cl)c3)nc2C#N)cc1. The molecule has 0 atom stereocenters. The zero-order chi connectivity index (χ0) is 17.6. The van der Waals surface area contributed by atoms with E-state index < -0.39 is 0 Å². The van der Waals surface area contributed by atoms with Gasteiger partial charge in [-0.25, -0.2) is 0 Å². The van der Waals surface area contributed by atoms with Gasteiger partial charge in [0.1, 0.15) is 17.6 Å². The van der Waals surface area contributed by atoms with Crippen molar-refractivity contribution in [3.05, 3.63) is 65.1 Å². The molecule has 0 fully saturated rings. The van der Waals surface area contributed by atoms with Gasteiger partial charge >= 0.3 is 0 Å². The van der Waals surface area contributed by atoms with Gasteiger partial charge in [0.2, 0.25) is 17.5 Å². The number of nitriles is 1. The van der Waals surface area contributed by atoms with Gasteiger partial charge in [-0.1, -0.05) is 17.7 Å². The van der Waals surface area contributed by atoms with E-state index in [0.29, 0.717) is 10.8 Å². The molecule has 0 saturated heterocycles. The van der Waals surface area contributed by atoms with E-state index in [-0.39, 0.29) is 24.1 Å². The van der Waals surface area contributed by atoms with Gasteiger partial charge in [0, 0.05) is 10.7 Å². The molecule has 0 amide bonds. The van der Waals surface area contributed by atoms with E-state index in [9.17, 15) is 5.26 Å². The molecule has 1 heterocycles. The average Bonchev–Trinajstić information content (AvgIpc) is 3.02. The van der Waals surface area contributed by atoms with E-state index in [1.54, 1.807) is 43.5 Å². The van der Waals surface area contributed by atoms with Crippen LogP contribution >= 0.6 is 11.6 Å². The number of ether oxygens (including phenoxy) is 2. The first-order valence-electron chi connectivity index (χ1n) is 7.37. The predicted molar refractivity (Wildman–Crippen MR) is 93.3 cm³/mol. The molecule has 126 valence electrons. The zero-order valence-electron chi connectivity index (χ0n) is 13.3. The lowest BCUT2D eigenvalue weighted by molar-refractivity contribution is 0.265. The van der Waals surface area contributed by atoms with Crippen molar-refractivity contribution in [2.24, 2.45) is 0 Å². The minimum atomic E-state index is 0.0827. The molecule has 3 rings (SSSR count). The molecular formula is C18H14ClN3O3. The minimum Gasteiger partial charge on any atom is -0.497 e. The van der Waals surface area contributed by atoms with Crippen LogP contribution in [0.2, 0.25) is 5.02 Å². The molecule has 1 aromatic heterocycles. The standard InChI is InChI=1S/C18H14ClN3O3/c1-23-14-7-5-13(6-8-14)21-18-16(10-20)22-17(25-18)11-24-15-4-2-3-12(19)9-15/h2-9,21H,11H2,1H3. The molecule has 1 N–H and O–H groups in total. The average molecular weight is 356 g/mol. The molecule has 0 radical (unpaired) electrons. The molecule has 0 saturated carbocycles. The van der Waals surface area contributed by atoms with Crippen LogP contribution in [0.5, 0.6) is 11.5 Å². The van der Waals surface area contributed by atoms with Gasteiger partial charge in [0.15, 0.2) is 6.61 Å². The van der Waals surface area contributed by atoms with Gasteiger partial charge in [-0.15, -0.1) is 0 Å². The Bertz CT molecular complexity index is 901. The molecule has 0 aliphatic heterocycles. The molecular weight excluding hydrogens is 342 g/mol. The second-order valence-corrected chi connectivity index (χ2v) is 5.43. The predicted octanol–water partition coefficient (Wildman–Crippen LogP) is 4.53. The molecule has 0 unspecified atom stereocenters. The van der Waals surface area contributed by atoms with Gasteiger partial charge in [0.25, 0.3) is 0 Å². The highest BCUT2D eigenvalue weighted by Gasteiger charge is 2.14. The largest absolute Gasteiger partial charge is 0.497 e. The summed E-state index contributed by atoms with van der Waals surface area (Å²) in [4.78, 5) is 4.12. The maximum atomic E-state index is 9.22. The summed E-state index contributed by atoms with van der Waals surface area (Å²) in [5.41, 5.74) is 0.899. The van der Waals surface area contributed by atoms with Crippen molar-refractivity contribution in [3.8, 4) is 17.6 Å². The van der Waals surface area contributed by atoms with Crippen LogP contribution in [0.15, 0.2) is 52.9 Å². The molecule has 0 aliphatic carbocycles. The van der Waals surface area contributed by atoms with Crippen molar-refractivity contribution >= 4 is 23.2 Å². The first-order chi connectivity index (χ1) is 12.2. The van der Waals surface area contributed by atoms with Gasteiger partial charge in [-0.3, -0.25) is 0 Å². The molecule has 6 nitrogen and oxygen atoms in total. The lowest BCUT2D eigenvalue weighted by atomic mass is 10.3. The van der Waals surface area contributed by atoms with Crippen molar-refractivity contribution < 1.29 is 13.9 Å². The minimum absolute atomic E-state index is 0.0827. The first-order valence-corrected chi connectivity index (χ1v) is 7.75. The Kier molecular flexibility index (Phi) is 5.07. The second kappa shape index (κ2) is 7.60. The van der Waals surface area contributed by atoms with Crippen LogP contribution < -0.4 is 14.8 Å². The third-order valence-corrected chi connectivity index (χ3v) is 3.52.